The molecular formula is C12H13ClN4. The van der Waals surface area contributed by atoms with Gasteiger partial charge in [-0.25, -0.2) is 9.50 Å². The predicted molar refractivity (Wildman–Crippen MR) is 66.5 cm³/mol. The summed E-state index contributed by atoms with van der Waals surface area (Å²) in [7, 11) is 0. The van der Waals surface area contributed by atoms with Gasteiger partial charge in [0.2, 0.25) is 0 Å². The average Bonchev–Trinajstić information content (AvgIpc) is 3.02. The average molecular weight is 249 g/mol. The van der Waals surface area contributed by atoms with Crippen LogP contribution < -0.4 is 4.90 Å². The molecular weight excluding hydrogens is 236 g/mol. The van der Waals surface area contributed by atoms with Gasteiger partial charge >= 0.3 is 0 Å². The summed E-state index contributed by atoms with van der Waals surface area (Å²) in [6.07, 6.45) is 7.63. The van der Waals surface area contributed by atoms with E-state index in [1.165, 1.54) is 19.3 Å². The van der Waals surface area contributed by atoms with Crippen LogP contribution in [0.4, 0.5) is 5.69 Å². The molecule has 3 heterocycles. The van der Waals surface area contributed by atoms with Crippen molar-refractivity contribution in [3.05, 3.63) is 23.6 Å². The first kappa shape index (κ1) is 9.71. The fourth-order valence-electron chi connectivity index (χ4n) is 3.30. The molecule has 0 radical (unpaired) electrons. The topological polar surface area (TPSA) is 33.4 Å². The summed E-state index contributed by atoms with van der Waals surface area (Å²) in [6.45, 7) is 1.15. The molecule has 0 amide bonds. The monoisotopic (exact) mass is 248 g/mol. The highest BCUT2D eigenvalue weighted by molar-refractivity contribution is 6.29. The number of halogens is 1. The van der Waals surface area contributed by atoms with Crippen LogP contribution in [0.15, 0.2) is 18.5 Å². The van der Waals surface area contributed by atoms with Gasteiger partial charge in [0.15, 0.2) is 10.8 Å². The SMILES string of the molecule is Clc1cc(N2C[C@H]3CC[C@@H]2C3)c2nccn2n1. The van der Waals surface area contributed by atoms with Gasteiger partial charge in [0.25, 0.3) is 0 Å². The molecule has 2 aromatic rings. The minimum Gasteiger partial charge on any atom is -0.365 e. The molecule has 5 heteroatoms. The van der Waals surface area contributed by atoms with Gasteiger partial charge in [-0.15, -0.1) is 0 Å². The Labute approximate surface area is 104 Å². The molecule has 1 saturated heterocycles. The maximum absolute atomic E-state index is 6.07. The maximum atomic E-state index is 6.07. The van der Waals surface area contributed by atoms with Crippen LogP contribution in [0.25, 0.3) is 5.65 Å². The molecule has 2 aliphatic rings. The van der Waals surface area contributed by atoms with Gasteiger partial charge in [-0.2, -0.15) is 5.10 Å². The Kier molecular flexibility index (Phi) is 1.92. The zero-order chi connectivity index (χ0) is 11.4. The van der Waals surface area contributed by atoms with Crippen LogP contribution in [0, 0.1) is 5.92 Å². The van der Waals surface area contributed by atoms with Gasteiger partial charge in [0.1, 0.15) is 0 Å². The molecule has 0 spiro atoms. The number of nitrogens with zero attached hydrogens (tertiary/aromatic N) is 4. The van der Waals surface area contributed by atoms with Crippen LogP contribution in [-0.2, 0) is 0 Å². The standard InChI is InChI=1S/C12H13ClN4/c13-11-6-10(12-14-3-4-17(12)15-11)16-7-8-1-2-9(16)5-8/h3-4,6,8-9H,1-2,5,7H2/t8-,9+/m0/s1. The Bertz CT molecular complexity index is 579. The minimum absolute atomic E-state index is 0.535. The molecule has 1 aliphatic heterocycles. The highest BCUT2D eigenvalue weighted by Crippen LogP contribution is 2.41. The third-order valence-corrected chi connectivity index (χ3v) is 4.21. The Morgan fingerprint density at radius 3 is 3.06 bits per heavy atom. The van der Waals surface area contributed by atoms with E-state index in [-0.39, 0.29) is 0 Å². The van der Waals surface area contributed by atoms with E-state index in [2.05, 4.69) is 15.0 Å². The lowest BCUT2D eigenvalue weighted by Crippen LogP contribution is -2.32. The van der Waals surface area contributed by atoms with Crippen LogP contribution in [0.1, 0.15) is 19.3 Å². The molecule has 88 valence electrons. The van der Waals surface area contributed by atoms with Gasteiger partial charge in [-0.1, -0.05) is 11.6 Å². The van der Waals surface area contributed by atoms with Crippen molar-refractivity contribution in [3.8, 4) is 0 Å². The number of aromatic nitrogens is 3. The number of fused-ring (bicyclic) bond motifs is 3. The van der Waals surface area contributed by atoms with Gasteiger partial charge < -0.3 is 4.90 Å². The molecule has 2 fully saturated rings. The zero-order valence-corrected chi connectivity index (χ0v) is 10.1. The highest BCUT2D eigenvalue weighted by Gasteiger charge is 2.38. The van der Waals surface area contributed by atoms with Crippen molar-refractivity contribution in [2.75, 3.05) is 11.4 Å². The van der Waals surface area contributed by atoms with E-state index in [1.807, 2.05) is 12.3 Å². The summed E-state index contributed by atoms with van der Waals surface area (Å²) < 4.78 is 1.77. The van der Waals surface area contributed by atoms with Gasteiger partial charge in [-0.3, -0.25) is 0 Å². The van der Waals surface area contributed by atoms with Gasteiger partial charge in [0.05, 0.1) is 5.69 Å². The summed E-state index contributed by atoms with van der Waals surface area (Å²) in [5.74, 6) is 0.863. The predicted octanol–water partition coefficient (Wildman–Crippen LogP) is 2.37. The van der Waals surface area contributed by atoms with Crippen molar-refractivity contribution < 1.29 is 0 Å². The summed E-state index contributed by atoms with van der Waals surface area (Å²) in [5, 5.41) is 4.76. The number of hydrogen-bond acceptors (Lipinski definition) is 3. The summed E-state index contributed by atoms with van der Waals surface area (Å²) in [5.41, 5.74) is 2.06. The second kappa shape index (κ2) is 3.35. The van der Waals surface area contributed by atoms with Crippen LogP contribution in [0.2, 0.25) is 5.15 Å². The van der Waals surface area contributed by atoms with E-state index in [0.29, 0.717) is 11.2 Å². The summed E-state index contributed by atoms with van der Waals surface area (Å²) in [6, 6.07) is 2.63. The molecule has 2 atom stereocenters. The molecule has 4 rings (SSSR count). The molecule has 1 aliphatic carbocycles. The van der Waals surface area contributed by atoms with Crippen molar-refractivity contribution in [2.24, 2.45) is 5.92 Å². The lowest BCUT2D eigenvalue weighted by Gasteiger charge is -2.29. The maximum Gasteiger partial charge on any atom is 0.177 e. The lowest BCUT2D eigenvalue weighted by molar-refractivity contribution is 0.553. The molecule has 0 aromatic carbocycles. The molecule has 1 saturated carbocycles. The molecule has 4 nitrogen and oxygen atoms in total. The smallest absolute Gasteiger partial charge is 0.177 e. The summed E-state index contributed by atoms with van der Waals surface area (Å²) in [4.78, 5) is 6.85. The minimum atomic E-state index is 0.535. The fourth-order valence-corrected chi connectivity index (χ4v) is 3.49. The highest BCUT2D eigenvalue weighted by atomic mass is 35.5. The Hall–Kier alpha value is -1.29. The fraction of sp³-hybridized carbons (Fsp3) is 0.500. The third-order valence-electron chi connectivity index (χ3n) is 4.03. The zero-order valence-electron chi connectivity index (χ0n) is 9.38. The first-order chi connectivity index (χ1) is 8.31. The number of piperidine rings is 1. The van der Waals surface area contributed by atoms with Crippen molar-refractivity contribution in [2.45, 2.75) is 25.3 Å². The largest absolute Gasteiger partial charge is 0.365 e. The molecule has 2 aromatic heterocycles. The van der Waals surface area contributed by atoms with E-state index in [0.717, 1.165) is 23.8 Å². The molecule has 0 unspecified atom stereocenters. The van der Waals surface area contributed by atoms with E-state index >= 15 is 0 Å². The Morgan fingerprint density at radius 1 is 1.35 bits per heavy atom. The Balaban J connectivity index is 1.87. The van der Waals surface area contributed by atoms with Crippen LogP contribution in [-0.4, -0.2) is 27.2 Å². The van der Waals surface area contributed by atoms with Crippen molar-refractivity contribution in [1.29, 1.82) is 0 Å². The third kappa shape index (κ3) is 1.37. The van der Waals surface area contributed by atoms with Crippen LogP contribution in [0.5, 0.6) is 0 Å². The van der Waals surface area contributed by atoms with E-state index < -0.39 is 0 Å². The first-order valence-electron chi connectivity index (χ1n) is 6.08. The van der Waals surface area contributed by atoms with E-state index in [1.54, 1.807) is 10.7 Å². The number of anilines is 1. The number of rotatable bonds is 1. The van der Waals surface area contributed by atoms with Crippen molar-refractivity contribution in [3.63, 3.8) is 0 Å². The first-order valence-corrected chi connectivity index (χ1v) is 6.45. The van der Waals surface area contributed by atoms with Gasteiger partial charge in [0, 0.05) is 31.0 Å². The normalized spacial score (nSPS) is 27.2. The van der Waals surface area contributed by atoms with E-state index in [9.17, 15) is 0 Å². The van der Waals surface area contributed by atoms with Crippen LogP contribution >= 0.6 is 11.6 Å². The van der Waals surface area contributed by atoms with Crippen molar-refractivity contribution in [1.82, 2.24) is 14.6 Å². The lowest BCUT2D eigenvalue weighted by atomic mass is 10.1. The second-order valence-corrected chi connectivity index (χ2v) is 5.42. The quantitative estimate of drug-likeness (QED) is 0.777. The second-order valence-electron chi connectivity index (χ2n) is 5.03. The van der Waals surface area contributed by atoms with Crippen LogP contribution in [0.3, 0.4) is 0 Å². The molecule has 17 heavy (non-hydrogen) atoms. The number of hydrogen-bond donors (Lipinski definition) is 0. The Morgan fingerprint density at radius 2 is 2.29 bits per heavy atom. The van der Waals surface area contributed by atoms with Gasteiger partial charge in [-0.05, 0) is 25.2 Å². The summed E-state index contributed by atoms with van der Waals surface area (Å²) >= 11 is 6.07. The molecule has 2 bridgehead atoms. The van der Waals surface area contributed by atoms with E-state index in [4.69, 9.17) is 11.6 Å². The van der Waals surface area contributed by atoms with Crippen molar-refractivity contribution >= 4 is 22.9 Å². The number of imidazole rings is 1. The molecule has 0 N–H and O–H groups in total.